The molecule has 0 saturated heterocycles. The van der Waals surface area contributed by atoms with E-state index in [2.05, 4.69) is 32.0 Å². The van der Waals surface area contributed by atoms with Crippen LogP contribution >= 0.6 is 0 Å². The summed E-state index contributed by atoms with van der Waals surface area (Å²) in [6, 6.07) is 6.36. The van der Waals surface area contributed by atoms with Crippen LogP contribution in [0.25, 0.3) is 0 Å². The van der Waals surface area contributed by atoms with Crippen molar-refractivity contribution >= 4 is 0 Å². The van der Waals surface area contributed by atoms with E-state index in [0.717, 1.165) is 0 Å². The van der Waals surface area contributed by atoms with Gasteiger partial charge in [-0.3, -0.25) is 0 Å². The number of hydrogen-bond acceptors (Lipinski definition) is 2. The second-order valence-corrected chi connectivity index (χ2v) is 4.98. The van der Waals surface area contributed by atoms with Crippen LogP contribution in [0.2, 0.25) is 0 Å². The molecule has 0 radical (unpaired) electrons. The Morgan fingerprint density at radius 2 is 1.88 bits per heavy atom. The summed E-state index contributed by atoms with van der Waals surface area (Å²) in [4.78, 5) is 0. The highest BCUT2D eigenvalue weighted by Crippen LogP contribution is 2.12. The van der Waals surface area contributed by atoms with Crippen LogP contribution < -0.4 is 0 Å². The quantitative estimate of drug-likeness (QED) is 0.822. The highest BCUT2D eigenvalue weighted by molar-refractivity contribution is 5.30. The molecule has 0 aliphatic carbocycles. The minimum absolute atomic E-state index is 0.240. The zero-order valence-electron chi connectivity index (χ0n) is 11.4. The lowest BCUT2D eigenvalue weighted by Crippen LogP contribution is -2.15. The van der Waals surface area contributed by atoms with Crippen molar-refractivity contribution in [3.8, 4) is 0 Å². The summed E-state index contributed by atoms with van der Waals surface area (Å²) >= 11 is 0. The van der Waals surface area contributed by atoms with E-state index in [9.17, 15) is 5.11 Å². The lowest BCUT2D eigenvalue weighted by atomic mass is 10.0. The number of hydrogen-bond donors (Lipinski definition) is 1. The first kappa shape index (κ1) is 14.2. The molecule has 1 unspecified atom stereocenters. The molecule has 2 nitrogen and oxygen atoms in total. The van der Waals surface area contributed by atoms with Gasteiger partial charge in [0.25, 0.3) is 0 Å². The van der Waals surface area contributed by atoms with E-state index in [4.69, 9.17) is 4.74 Å². The maximum atomic E-state index is 9.90. The second kappa shape index (κ2) is 6.77. The summed E-state index contributed by atoms with van der Waals surface area (Å²) in [6.45, 7) is 8.86. The molecule has 2 heteroatoms. The lowest BCUT2D eigenvalue weighted by Gasteiger charge is -2.13. The third-order valence-electron chi connectivity index (χ3n) is 2.94. The molecular weight excluding hydrogens is 212 g/mol. The second-order valence-electron chi connectivity index (χ2n) is 4.98. The summed E-state index contributed by atoms with van der Waals surface area (Å²) in [5.41, 5.74) is 3.78. The Balaban J connectivity index is 2.39. The smallest absolute Gasteiger partial charge is 0.0602 e. The van der Waals surface area contributed by atoms with Crippen LogP contribution in [-0.4, -0.2) is 23.9 Å². The molecule has 0 aliphatic rings. The van der Waals surface area contributed by atoms with Crippen molar-refractivity contribution in [2.45, 2.75) is 52.7 Å². The first-order valence-corrected chi connectivity index (χ1v) is 6.35. The fourth-order valence-corrected chi connectivity index (χ4v) is 1.74. The molecule has 1 rings (SSSR count). The average molecular weight is 236 g/mol. The van der Waals surface area contributed by atoms with Crippen molar-refractivity contribution in [3.05, 3.63) is 34.9 Å². The van der Waals surface area contributed by atoms with Gasteiger partial charge in [-0.05, 0) is 57.2 Å². The molecule has 0 saturated carbocycles. The van der Waals surface area contributed by atoms with Crippen LogP contribution in [0.1, 0.15) is 37.0 Å². The first-order valence-electron chi connectivity index (χ1n) is 6.35. The predicted molar refractivity (Wildman–Crippen MR) is 71.3 cm³/mol. The minimum Gasteiger partial charge on any atom is -0.393 e. The zero-order chi connectivity index (χ0) is 12.8. The van der Waals surface area contributed by atoms with Gasteiger partial charge in [-0.25, -0.2) is 0 Å². The average Bonchev–Trinajstić information content (AvgIpc) is 2.23. The van der Waals surface area contributed by atoms with Gasteiger partial charge >= 0.3 is 0 Å². The molecule has 0 spiro atoms. The van der Waals surface area contributed by atoms with E-state index in [-0.39, 0.29) is 12.2 Å². The number of aryl methyl sites for hydroxylation is 2. The van der Waals surface area contributed by atoms with Gasteiger partial charge in [-0.15, -0.1) is 0 Å². The van der Waals surface area contributed by atoms with Gasteiger partial charge in [-0.2, -0.15) is 0 Å². The van der Waals surface area contributed by atoms with Crippen molar-refractivity contribution in [2.24, 2.45) is 0 Å². The number of benzene rings is 1. The first-order chi connectivity index (χ1) is 7.99. The van der Waals surface area contributed by atoms with Crippen LogP contribution in [0.15, 0.2) is 18.2 Å². The molecule has 1 atom stereocenters. The van der Waals surface area contributed by atoms with Crippen molar-refractivity contribution in [3.63, 3.8) is 0 Å². The standard InChI is InChI=1S/C15H24O2/c1-11(2)17-8-7-15(16)10-14-6-5-12(3)13(4)9-14/h5-6,9,11,15-16H,7-8,10H2,1-4H3. The highest BCUT2D eigenvalue weighted by Gasteiger charge is 2.07. The Morgan fingerprint density at radius 1 is 1.18 bits per heavy atom. The summed E-state index contributed by atoms with van der Waals surface area (Å²) < 4.78 is 5.43. The topological polar surface area (TPSA) is 29.5 Å². The van der Waals surface area contributed by atoms with E-state index in [0.29, 0.717) is 19.4 Å². The fourth-order valence-electron chi connectivity index (χ4n) is 1.74. The van der Waals surface area contributed by atoms with E-state index >= 15 is 0 Å². The van der Waals surface area contributed by atoms with Crippen molar-refractivity contribution < 1.29 is 9.84 Å². The third-order valence-corrected chi connectivity index (χ3v) is 2.94. The number of aliphatic hydroxyl groups excluding tert-OH is 1. The Morgan fingerprint density at radius 3 is 2.47 bits per heavy atom. The molecule has 1 aromatic carbocycles. The maximum absolute atomic E-state index is 9.90. The van der Waals surface area contributed by atoms with Gasteiger partial charge in [0.2, 0.25) is 0 Å². The summed E-state index contributed by atoms with van der Waals surface area (Å²) in [5, 5.41) is 9.90. The molecule has 96 valence electrons. The number of aliphatic hydroxyl groups is 1. The largest absolute Gasteiger partial charge is 0.393 e. The van der Waals surface area contributed by atoms with Gasteiger partial charge in [0.1, 0.15) is 0 Å². The van der Waals surface area contributed by atoms with Gasteiger partial charge in [-0.1, -0.05) is 18.2 Å². The van der Waals surface area contributed by atoms with Crippen LogP contribution in [0, 0.1) is 13.8 Å². The molecule has 0 aromatic heterocycles. The van der Waals surface area contributed by atoms with Gasteiger partial charge in [0.15, 0.2) is 0 Å². The van der Waals surface area contributed by atoms with Gasteiger partial charge in [0, 0.05) is 6.61 Å². The Kier molecular flexibility index (Phi) is 5.66. The van der Waals surface area contributed by atoms with Crippen LogP contribution in [0.5, 0.6) is 0 Å². The Bertz CT molecular complexity index is 345. The fraction of sp³-hybridized carbons (Fsp3) is 0.600. The molecule has 0 aliphatic heterocycles. The third kappa shape index (κ3) is 5.33. The molecular formula is C15H24O2. The Labute approximate surface area is 105 Å². The molecule has 1 aromatic rings. The van der Waals surface area contributed by atoms with Crippen molar-refractivity contribution in [1.82, 2.24) is 0 Å². The monoisotopic (exact) mass is 236 g/mol. The van der Waals surface area contributed by atoms with E-state index < -0.39 is 0 Å². The summed E-state index contributed by atoms with van der Waals surface area (Å²) in [7, 11) is 0. The summed E-state index contributed by atoms with van der Waals surface area (Å²) in [6.07, 6.45) is 1.34. The van der Waals surface area contributed by atoms with Crippen LogP contribution in [0.4, 0.5) is 0 Å². The number of rotatable bonds is 6. The molecule has 0 fully saturated rings. The molecule has 0 heterocycles. The molecule has 0 amide bonds. The maximum Gasteiger partial charge on any atom is 0.0602 e. The van der Waals surface area contributed by atoms with E-state index in [1.807, 2.05) is 13.8 Å². The minimum atomic E-state index is -0.309. The highest BCUT2D eigenvalue weighted by atomic mass is 16.5. The van der Waals surface area contributed by atoms with E-state index in [1.165, 1.54) is 16.7 Å². The van der Waals surface area contributed by atoms with E-state index in [1.54, 1.807) is 0 Å². The zero-order valence-corrected chi connectivity index (χ0v) is 11.4. The lowest BCUT2D eigenvalue weighted by molar-refractivity contribution is 0.0470. The SMILES string of the molecule is Cc1ccc(CC(O)CCOC(C)C)cc1C. The number of ether oxygens (including phenoxy) is 1. The normalized spacial score (nSPS) is 13.1. The van der Waals surface area contributed by atoms with Crippen LogP contribution in [0.3, 0.4) is 0 Å². The van der Waals surface area contributed by atoms with Gasteiger partial charge in [0.05, 0.1) is 12.2 Å². The predicted octanol–water partition coefficient (Wildman–Crippen LogP) is 3.02. The van der Waals surface area contributed by atoms with Gasteiger partial charge < -0.3 is 9.84 Å². The van der Waals surface area contributed by atoms with Crippen LogP contribution in [-0.2, 0) is 11.2 Å². The molecule has 0 bridgehead atoms. The van der Waals surface area contributed by atoms with Crippen molar-refractivity contribution in [1.29, 1.82) is 0 Å². The Hall–Kier alpha value is -0.860. The molecule has 17 heavy (non-hydrogen) atoms. The molecule has 1 N–H and O–H groups in total. The summed E-state index contributed by atoms with van der Waals surface area (Å²) in [5.74, 6) is 0. The van der Waals surface area contributed by atoms with Crippen molar-refractivity contribution in [2.75, 3.05) is 6.61 Å².